The Morgan fingerprint density at radius 2 is 1.86 bits per heavy atom. The van der Waals surface area contributed by atoms with E-state index in [1.54, 1.807) is 31.4 Å². The van der Waals surface area contributed by atoms with Crippen LogP contribution >= 0.6 is 11.6 Å². The minimum atomic E-state index is -4.04. The number of halogens is 1. The third kappa shape index (κ3) is 5.60. The molecule has 0 aliphatic carbocycles. The van der Waals surface area contributed by atoms with Gasteiger partial charge in [-0.15, -0.1) is 0 Å². The maximum atomic E-state index is 13.6. The highest BCUT2D eigenvalue weighted by Gasteiger charge is 2.36. The van der Waals surface area contributed by atoms with Crippen molar-refractivity contribution in [1.29, 1.82) is 0 Å². The molecule has 36 heavy (non-hydrogen) atoms. The van der Waals surface area contributed by atoms with Crippen molar-refractivity contribution in [3.8, 4) is 11.5 Å². The molecule has 0 saturated heterocycles. The molecule has 1 unspecified atom stereocenters. The topological polar surface area (TPSA) is 84.9 Å². The Balaban J connectivity index is 1.65. The van der Waals surface area contributed by atoms with Gasteiger partial charge in [-0.25, -0.2) is 8.42 Å². The van der Waals surface area contributed by atoms with Crippen LogP contribution in [0.2, 0.25) is 5.02 Å². The smallest absolute Gasteiger partial charge is 0.264 e. The van der Waals surface area contributed by atoms with Crippen molar-refractivity contribution < 1.29 is 22.7 Å². The number of ether oxygens (including phenoxy) is 2. The Labute approximate surface area is 217 Å². The molecule has 190 valence electrons. The fraction of sp³-hybridized carbons (Fsp3) is 0.296. The Morgan fingerprint density at radius 3 is 2.53 bits per heavy atom. The average molecular weight is 529 g/mol. The maximum Gasteiger partial charge on any atom is 0.264 e. The maximum absolute atomic E-state index is 13.6. The Kier molecular flexibility index (Phi) is 7.20. The number of anilines is 1. The summed E-state index contributed by atoms with van der Waals surface area (Å²) in [4.78, 5) is 13.4. The number of hydrogen-bond acceptors (Lipinski definition) is 5. The number of fused-ring (bicyclic) bond motifs is 1. The highest BCUT2D eigenvalue weighted by atomic mass is 35.5. The lowest BCUT2D eigenvalue weighted by Gasteiger charge is -2.38. The molecule has 0 bridgehead atoms. The molecule has 0 aromatic heterocycles. The largest absolute Gasteiger partial charge is 0.497 e. The molecule has 0 spiro atoms. The number of benzene rings is 3. The second-order valence-electron chi connectivity index (χ2n) is 9.39. The molecule has 1 atom stereocenters. The van der Waals surface area contributed by atoms with E-state index in [1.165, 1.54) is 24.3 Å². The standard InChI is InChI=1S/C27H29ClN2O5S/c1-18-6-5-7-20(14-18)30(36(32,33)22-11-8-19(28)9-12-22)17-26(31)29-24-16-27(2,3)35-25-15-21(34-4)10-13-23(24)25/h5-15,24H,16-17H2,1-4H3,(H,29,31). The zero-order valence-corrected chi connectivity index (χ0v) is 22.2. The predicted octanol–water partition coefficient (Wildman–Crippen LogP) is 5.27. The molecule has 1 heterocycles. The summed E-state index contributed by atoms with van der Waals surface area (Å²) in [7, 11) is -2.46. The van der Waals surface area contributed by atoms with Crippen LogP contribution in [0.4, 0.5) is 5.69 Å². The number of aryl methyl sites for hydroxylation is 1. The second kappa shape index (κ2) is 10.0. The van der Waals surface area contributed by atoms with Crippen LogP contribution in [0.25, 0.3) is 0 Å². The molecule has 7 nitrogen and oxygen atoms in total. The van der Waals surface area contributed by atoms with Crippen LogP contribution in [0.1, 0.15) is 37.4 Å². The Hall–Kier alpha value is -3.23. The van der Waals surface area contributed by atoms with Gasteiger partial charge in [0.25, 0.3) is 10.0 Å². The molecule has 3 aromatic carbocycles. The quantitative estimate of drug-likeness (QED) is 0.451. The van der Waals surface area contributed by atoms with Gasteiger partial charge in [-0.3, -0.25) is 9.10 Å². The van der Waals surface area contributed by atoms with Gasteiger partial charge in [0.15, 0.2) is 0 Å². The number of rotatable bonds is 7. The number of nitrogens with zero attached hydrogens (tertiary/aromatic N) is 1. The molecule has 0 saturated carbocycles. The van der Waals surface area contributed by atoms with Gasteiger partial charge in [-0.1, -0.05) is 23.7 Å². The number of nitrogens with one attached hydrogen (secondary N) is 1. The summed E-state index contributed by atoms with van der Waals surface area (Å²) in [5, 5.41) is 3.45. The minimum Gasteiger partial charge on any atom is -0.497 e. The minimum absolute atomic E-state index is 0.0471. The van der Waals surface area contributed by atoms with Gasteiger partial charge < -0.3 is 14.8 Å². The number of amides is 1. The van der Waals surface area contributed by atoms with Crippen LogP contribution in [-0.2, 0) is 14.8 Å². The molecule has 1 N–H and O–H groups in total. The third-order valence-corrected chi connectivity index (χ3v) is 8.03. The molecule has 0 radical (unpaired) electrons. The molecular formula is C27H29ClN2O5S. The molecule has 1 amide bonds. The number of sulfonamides is 1. The van der Waals surface area contributed by atoms with Crippen molar-refractivity contribution >= 4 is 33.2 Å². The first-order valence-electron chi connectivity index (χ1n) is 11.5. The van der Waals surface area contributed by atoms with Crippen LogP contribution in [-0.4, -0.2) is 33.6 Å². The SMILES string of the molecule is COc1ccc2c(c1)OC(C)(C)CC2NC(=O)CN(c1cccc(C)c1)S(=O)(=O)c1ccc(Cl)cc1. The number of methoxy groups -OCH3 is 1. The lowest BCUT2D eigenvalue weighted by Crippen LogP contribution is -2.45. The predicted molar refractivity (Wildman–Crippen MR) is 140 cm³/mol. The number of carbonyl (C=O) groups excluding carboxylic acids is 1. The van der Waals surface area contributed by atoms with Gasteiger partial charge in [0.1, 0.15) is 23.6 Å². The molecule has 0 fully saturated rings. The molecular weight excluding hydrogens is 500 g/mol. The second-order valence-corrected chi connectivity index (χ2v) is 11.7. The van der Waals surface area contributed by atoms with Crippen molar-refractivity contribution in [2.75, 3.05) is 18.0 Å². The van der Waals surface area contributed by atoms with Gasteiger partial charge in [-0.2, -0.15) is 0 Å². The van der Waals surface area contributed by atoms with E-state index in [4.69, 9.17) is 21.1 Å². The summed E-state index contributed by atoms with van der Waals surface area (Å²) in [6.07, 6.45) is 0.520. The molecule has 9 heteroatoms. The van der Waals surface area contributed by atoms with Crippen LogP contribution in [0.5, 0.6) is 11.5 Å². The first-order chi connectivity index (χ1) is 17.0. The van der Waals surface area contributed by atoms with Crippen molar-refractivity contribution in [1.82, 2.24) is 5.32 Å². The van der Waals surface area contributed by atoms with E-state index >= 15 is 0 Å². The summed E-state index contributed by atoms with van der Waals surface area (Å²) in [5.41, 5.74) is 1.55. The monoisotopic (exact) mass is 528 g/mol. The lowest BCUT2D eigenvalue weighted by atomic mass is 9.89. The molecule has 4 rings (SSSR count). The fourth-order valence-corrected chi connectivity index (χ4v) is 5.83. The van der Waals surface area contributed by atoms with Gasteiger partial charge >= 0.3 is 0 Å². The van der Waals surface area contributed by atoms with Crippen molar-refractivity contribution in [2.24, 2.45) is 0 Å². The Morgan fingerprint density at radius 1 is 1.14 bits per heavy atom. The zero-order valence-electron chi connectivity index (χ0n) is 20.6. The summed E-state index contributed by atoms with van der Waals surface area (Å²) in [6.45, 7) is 5.36. The number of carbonyl (C=O) groups is 1. The summed E-state index contributed by atoms with van der Waals surface area (Å²) >= 11 is 5.96. The number of hydrogen-bond donors (Lipinski definition) is 1. The van der Waals surface area contributed by atoms with Gasteiger partial charge in [0, 0.05) is 23.1 Å². The molecule has 1 aliphatic rings. The third-order valence-electron chi connectivity index (χ3n) is 5.99. The van der Waals surface area contributed by atoms with E-state index in [2.05, 4.69) is 5.32 Å². The molecule has 1 aliphatic heterocycles. The van der Waals surface area contributed by atoms with E-state index < -0.39 is 28.1 Å². The highest BCUT2D eigenvalue weighted by Crippen LogP contribution is 2.41. The summed E-state index contributed by atoms with van der Waals surface area (Å²) < 4.78 is 39.8. The van der Waals surface area contributed by atoms with Crippen molar-refractivity contribution in [2.45, 2.75) is 43.7 Å². The normalized spacial score (nSPS) is 16.4. The zero-order chi connectivity index (χ0) is 26.1. The first kappa shape index (κ1) is 25.9. The van der Waals surface area contributed by atoms with Crippen LogP contribution in [0, 0.1) is 6.92 Å². The lowest BCUT2D eigenvalue weighted by molar-refractivity contribution is -0.120. The van der Waals surface area contributed by atoms with Crippen molar-refractivity contribution in [3.63, 3.8) is 0 Å². The van der Waals surface area contributed by atoms with Crippen LogP contribution < -0.4 is 19.1 Å². The van der Waals surface area contributed by atoms with E-state index in [0.717, 1.165) is 15.4 Å². The van der Waals surface area contributed by atoms with E-state index in [0.29, 0.717) is 28.6 Å². The van der Waals surface area contributed by atoms with Gasteiger partial charge in [0.2, 0.25) is 5.91 Å². The van der Waals surface area contributed by atoms with Gasteiger partial charge in [0.05, 0.1) is 23.7 Å². The highest BCUT2D eigenvalue weighted by molar-refractivity contribution is 7.92. The van der Waals surface area contributed by atoms with E-state index in [1.807, 2.05) is 39.0 Å². The van der Waals surface area contributed by atoms with Crippen molar-refractivity contribution in [3.05, 3.63) is 82.9 Å². The average Bonchev–Trinajstić information content (AvgIpc) is 2.81. The first-order valence-corrected chi connectivity index (χ1v) is 13.3. The fourth-order valence-electron chi connectivity index (χ4n) is 4.29. The van der Waals surface area contributed by atoms with Crippen LogP contribution in [0.3, 0.4) is 0 Å². The van der Waals surface area contributed by atoms with E-state index in [9.17, 15) is 13.2 Å². The van der Waals surface area contributed by atoms with Crippen LogP contribution in [0.15, 0.2) is 71.6 Å². The van der Waals surface area contributed by atoms with Gasteiger partial charge in [-0.05, 0) is 74.9 Å². The molecule has 3 aromatic rings. The van der Waals surface area contributed by atoms with E-state index in [-0.39, 0.29) is 10.9 Å². The summed E-state index contributed by atoms with van der Waals surface area (Å²) in [6, 6.07) is 18.0. The Bertz CT molecular complexity index is 1370. The summed E-state index contributed by atoms with van der Waals surface area (Å²) in [5.74, 6) is 0.843.